The third-order valence-corrected chi connectivity index (χ3v) is 3.56. The Kier molecular flexibility index (Phi) is 9.33. The van der Waals surface area contributed by atoms with Gasteiger partial charge >= 0.3 is 0 Å². The molecule has 0 aliphatic carbocycles. The molecule has 0 aliphatic rings. The van der Waals surface area contributed by atoms with Gasteiger partial charge in [0.1, 0.15) is 12.9 Å². The Morgan fingerprint density at radius 1 is 0.947 bits per heavy atom. The zero-order chi connectivity index (χ0) is 13.8. The molecule has 0 amide bonds. The number of aliphatic hydroxyl groups is 1. The van der Waals surface area contributed by atoms with Crippen LogP contribution in [0.3, 0.4) is 0 Å². The maximum atomic E-state index is 9.05. The lowest BCUT2D eigenvalue weighted by Gasteiger charge is -2.04. The molecule has 1 aromatic rings. The van der Waals surface area contributed by atoms with Crippen LogP contribution in [0.2, 0.25) is 0 Å². The van der Waals surface area contributed by atoms with Crippen LogP contribution < -0.4 is 0 Å². The van der Waals surface area contributed by atoms with Crippen LogP contribution in [-0.2, 0) is 13.2 Å². The average Bonchev–Trinajstić information content (AvgIpc) is 2.88. The highest BCUT2D eigenvalue weighted by Crippen LogP contribution is 2.11. The molecule has 0 saturated heterocycles. The minimum atomic E-state index is -0.0161. The van der Waals surface area contributed by atoms with Crippen molar-refractivity contribution in [3.05, 3.63) is 12.2 Å². The van der Waals surface area contributed by atoms with E-state index in [1.807, 2.05) is 4.68 Å². The second kappa shape index (κ2) is 11.0. The molecule has 0 bridgehead atoms. The van der Waals surface area contributed by atoms with Crippen LogP contribution in [0.4, 0.5) is 0 Å². The first kappa shape index (κ1) is 16.2. The summed E-state index contributed by atoms with van der Waals surface area (Å²) < 4.78 is 1.81. The number of aromatic nitrogens is 3. The molecule has 0 aromatic carbocycles. The summed E-state index contributed by atoms with van der Waals surface area (Å²) in [4.78, 5) is 4.00. The summed E-state index contributed by atoms with van der Waals surface area (Å²) in [5.41, 5.74) is 0. The largest absolute Gasteiger partial charge is 0.388 e. The van der Waals surface area contributed by atoms with Crippen molar-refractivity contribution in [3.63, 3.8) is 0 Å². The molecule has 0 radical (unpaired) electrons. The van der Waals surface area contributed by atoms with Gasteiger partial charge in [-0.15, -0.1) is 0 Å². The van der Waals surface area contributed by atoms with E-state index < -0.39 is 0 Å². The Labute approximate surface area is 117 Å². The van der Waals surface area contributed by atoms with Gasteiger partial charge in [0.05, 0.1) is 0 Å². The fraction of sp³-hybridized carbons (Fsp3) is 0.867. The van der Waals surface area contributed by atoms with Gasteiger partial charge < -0.3 is 5.11 Å². The minimum absolute atomic E-state index is 0.0161. The molecule has 0 fully saturated rings. The molecule has 110 valence electrons. The van der Waals surface area contributed by atoms with Crippen molar-refractivity contribution in [3.8, 4) is 0 Å². The summed E-state index contributed by atoms with van der Waals surface area (Å²) in [6.07, 6.45) is 14.9. The Balaban J connectivity index is 1.89. The standard InChI is InChI=1S/C15H29N3O/c1-2-3-4-5-6-7-8-9-10-11-12-18-15(13-19)16-14-17-18/h14,19H,2-13H2,1H3. The van der Waals surface area contributed by atoms with E-state index in [2.05, 4.69) is 17.0 Å². The topological polar surface area (TPSA) is 50.9 Å². The molecule has 0 spiro atoms. The van der Waals surface area contributed by atoms with Crippen molar-refractivity contribution in [2.75, 3.05) is 0 Å². The highest BCUT2D eigenvalue weighted by molar-refractivity contribution is 4.80. The fourth-order valence-electron chi connectivity index (χ4n) is 2.35. The molecule has 0 atom stereocenters. The number of unbranched alkanes of at least 4 members (excludes halogenated alkanes) is 9. The summed E-state index contributed by atoms with van der Waals surface area (Å²) in [7, 11) is 0. The quantitative estimate of drug-likeness (QED) is 0.588. The monoisotopic (exact) mass is 267 g/mol. The Morgan fingerprint density at radius 3 is 2.11 bits per heavy atom. The SMILES string of the molecule is CCCCCCCCCCCCn1ncnc1CO. The van der Waals surface area contributed by atoms with Crippen LogP contribution in [0.1, 0.15) is 77.0 Å². The van der Waals surface area contributed by atoms with Gasteiger partial charge in [0.2, 0.25) is 0 Å². The number of aliphatic hydroxyl groups excluding tert-OH is 1. The predicted molar refractivity (Wildman–Crippen MR) is 77.8 cm³/mol. The summed E-state index contributed by atoms with van der Waals surface area (Å²) in [6, 6.07) is 0. The molecular weight excluding hydrogens is 238 g/mol. The maximum Gasteiger partial charge on any atom is 0.152 e. The smallest absolute Gasteiger partial charge is 0.152 e. The molecule has 4 heteroatoms. The van der Waals surface area contributed by atoms with Crippen LogP contribution in [0, 0.1) is 0 Å². The lowest BCUT2D eigenvalue weighted by Crippen LogP contribution is -2.05. The zero-order valence-electron chi connectivity index (χ0n) is 12.4. The van der Waals surface area contributed by atoms with Crippen molar-refractivity contribution >= 4 is 0 Å². The first-order chi connectivity index (χ1) is 9.38. The van der Waals surface area contributed by atoms with Gasteiger partial charge in [-0.1, -0.05) is 64.7 Å². The molecular formula is C15H29N3O. The van der Waals surface area contributed by atoms with Gasteiger partial charge in [0.25, 0.3) is 0 Å². The van der Waals surface area contributed by atoms with Crippen LogP contribution >= 0.6 is 0 Å². The van der Waals surface area contributed by atoms with Gasteiger partial charge in [-0.25, -0.2) is 9.67 Å². The van der Waals surface area contributed by atoms with E-state index in [1.165, 1.54) is 64.1 Å². The summed E-state index contributed by atoms with van der Waals surface area (Å²) in [5, 5.41) is 13.2. The van der Waals surface area contributed by atoms with E-state index in [0.717, 1.165) is 13.0 Å². The average molecular weight is 267 g/mol. The first-order valence-corrected chi connectivity index (χ1v) is 7.86. The molecule has 0 aliphatic heterocycles. The van der Waals surface area contributed by atoms with Gasteiger partial charge in [-0.3, -0.25) is 0 Å². The lowest BCUT2D eigenvalue weighted by atomic mass is 10.1. The van der Waals surface area contributed by atoms with E-state index in [9.17, 15) is 0 Å². The van der Waals surface area contributed by atoms with E-state index in [4.69, 9.17) is 5.11 Å². The zero-order valence-corrected chi connectivity index (χ0v) is 12.4. The number of hydrogen-bond acceptors (Lipinski definition) is 3. The second-order valence-electron chi connectivity index (χ2n) is 5.24. The molecule has 1 N–H and O–H groups in total. The van der Waals surface area contributed by atoms with Gasteiger partial charge in [-0.05, 0) is 6.42 Å². The van der Waals surface area contributed by atoms with Crippen molar-refractivity contribution in [2.45, 2.75) is 84.3 Å². The van der Waals surface area contributed by atoms with Crippen molar-refractivity contribution < 1.29 is 5.11 Å². The fourth-order valence-corrected chi connectivity index (χ4v) is 2.35. The number of aryl methyl sites for hydroxylation is 1. The van der Waals surface area contributed by atoms with Crippen LogP contribution in [-0.4, -0.2) is 19.9 Å². The van der Waals surface area contributed by atoms with E-state index in [1.54, 1.807) is 0 Å². The maximum absolute atomic E-state index is 9.05. The van der Waals surface area contributed by atoms with Crippen molar-refractivity contribution in [2.24, 2.45) is 0 Å². The first-order valence-electron chi connectivity index (χ1n) is 7.86. The Bertz CT molecular complexity index is 312. The number of rotatable bonds is 12. The molecule has 0 unspecified atom stereocenters. The van der Waals surface area contributed by atoms with E-state index in [0.29, 0.717) is 5.82 Å². The van der Waals surface area contributed by atoms with Crippen LogP contribution in [0.15, 0.2) is 6.33 Å². The van der Waals surface area contributed by atoms with E-state index >= 15 is 0 Å². The van der Waals surface area contributed by atoms with Crippen molar-refractivity contribution in [1.82, 2.24) is 14.8 Å². The van der Waals surface area contributed by atoms with Crippen molar-refractivity contribution in [1.29, 1.82) is 0 Å². The van der Waals surface area contributed by atoms with Gasteiger partial charge in [0.15, 0.2) is 5.82 Å². The summed E-state index contributed by atoms with van der Waals surface area (Å²) in [6.45, 7) is 3.13. The number of nitrogens with zero attached hydrogens (tertiary/aromatic N) is 3. The highest BCUT2D eigenvalue weighted by atomic mass is 16.3. The summed E-state index contributed by atoms with van der Waals surface area (Å²) >= 11 is 0. The highest BCUT2D eigenvalue weighted by Gasteiger charge is 2.01. The minimum Gasteiger partial charge on any atom is -0.388 e. The van der Waals surface area contributed by atoms with E-state index in [-0.39, 0.29) is 6.61 Å². The second-order valence-corrected chi connectivity index (χ2v) is 5.24. The van der Waals surface area contributed by atoms with Crippen LogP contribution in [0.25, 0.3) is 0 Å². The Hall–Kier alpha value is -0.900. The van der Waals surface area contributed by atoms with Crippen LogP contribution in [0.5, 0.6) is 0 Å². The Morgan fingerprint density at radius 2 is 1.53 bits per heavy atom. The molecule has 1 heterocycles. The normalized spacial score (nSPS) is 11.1. The number of hydrogen-bond donors (Lipinski definition) is 1. The lowest BCUT2D eigenvalue weighted by molar-refractivity contribution is 0.261. The molecule has 0 saturated carbocycles. The van der Waals surface area contributed by atoms with Gasteiger partial charge in [0, 0.05) is 6.54 Å². The molecule has 1 rings (SSSR count). The molecule has 19 heavy (non-hydrogen) atoms. The predicted octanol–water partition coefficient (Wildman–Crippen LogP) is 3.69. The summed E-state index contributed by atoms with van der Waals surface area (Å²) in [5.74, 6) is 0.677. The molecule has 1 aromatic heterocycles. The third kappa shape index (κ3) is 7.31. The molecule has 4 nitrogen and oxygen atoms in total. The third-order valence-electron chi connectivity index (χ3n) is 3.56. The van der Waals surface area contributed by atoms with Gasteiger partial charge in [-0.2, -0.15) is 5.10 Å².